The highest BCUT2D eigenvalue weighted by atomic mass is 16.7. The first-order chi connectivity index (χ1) is 10.6. The van der Waals surface area contributed by atoms with E-state index in [9.17, 15) is 0 Å². The summed E-state index contributed by atoms with van der Waals surface area (Å²) in [5, 5.41) is 0. The van der Waals surface area contributed by atoms with Gasteiger partial charge >= 0.3 is 0 Å². The van der Waals surface area contributed by atoms with E-state index in [1.54, 1.807) is 19.2 Å². The molecule has 6 heteroatoms. The van der Waals surface area contributed by atoms with Crippen molar-refractivity contribution < 1.29 is 14.2 Å². The molecule has 6 nitrogen and oxygen atoms in total. The maximum atomic E-state index is 6.01. The lowest BCUT2D eigenvalue weighted by Gasteiger charge is -2.33. The van der Waals surface area contributed by atoms with E-state index in [1.165, 1.54) is 0 Å². The first-order valence-electron chi connectivity index (χ1n) is 7.66. The summed E-state index contributed by atoms with van der Waals surface area (Å²) in [6, 6.07) is 3.80. The Hall–Kier alpha value is -1.79. The summed E-state index contributed by atoms with van der Waals surface area (Å²) in [5.41, 5.74) is 13.9. The fourth-order valence-electron chi connectivity index (χ4n) is 3.08. The highest BCUT2D eigenvalue weighted by Crippen LogP contribution is 2.36. The van der Waals surface area contributed by atoms with Gasteiger partial charge in [0.2, 0.25) is 0 Å². The maximum Gasteiger partial charge on any atom is 0.168 e. The topological polar surface area (TPSA) is 92.1 Å². The monoisotopic (exact) mass is 305 g/mol. The van der Waals surface area contributed by atoms with Crippen LogP contribution < -0.4 is 16.2 Å². The normalized spacial score (nSPS) is 21.7. The van der Waals surface area contributed by atoms with Crippen LogP contribution in [0.25, 0.3) is 0 Å². The first kappa shape index (κ1) is 15.1. The third-order valence-electron chi connectivity index (χ3n) is 4.39. The van der Waals surface area contributed by atoms with E-state index in [2.05, 4.69) is 4.99 Å². The zero-order valence-corrected chi connectivity index (χ0v) is 12.9. The van der Waals surface area contributed by atoms with Crippen LogP contribution in [0.4, 0.5) is 11.4 Å². The molecule has 4 N–H and O–H groups in total. The van der Waals surface area contributed by atoms with Crippen LogP contribution in [0.3, 0.4) is 0 Å². The average molecular weight is 305 g/mol. The highest BCUT2D eigenvalue weighted by Gasteiger charge is 2.40. The van der Waals surface area contributed by atoms with Crippen molar-refractivity contribution in [1.29, 1.82) is 0 Å². The van der Waals surface area contributed by atoms with Crippen LogP contribution in [-0.2, 0) is 9.47 Å². The Morgan fingerprint density at radius 1 is 1.18 bits per heavy atom. The number of nitrogen functional groups attached to an aromatic ring is 2. The van der Waals surface area contributed by atoms with Gasteiger partial charge in [-0.25, -0.2) is 0 Å². The number of methoxy groups -OCH3 is 1. The first-order valence-corrected chi connectivity index (χ1v) is 7.66. The van der Waals surface area contributed by atoms with Crippen LogP contribution in [0.2, 0.25) is 0 Å². The average Bonchev–Trinajstić information content (AvgIpc) is 2.98. The molecule has 2 aliphatic rings. The van der Waals surface area contributed by atoms with Crippen molar-refractivity contribution >= 4 is 17.6 Å². The van der Waals surface area contributed by atoms with E-state index < -0.39 is 0 Å². The second-order valence-corrected chi connectivity index (χ2v) is 5.84. The fraction of sp³-hybridized carbons (Fsp3) is 0.562. The largest absolute Gasteiger partial charge is 0.495 e. The van der Waals surface area contributed by atoms with Crippen molar-refractivity contribution in [2.24, 2.45) is 4.99 Å². The molecule has 1 saturated heterocycles. The van der Waals surface area contributed by atoms with Crippen LogP contribution in [-0.4, -0.2) is 38.4 Å². The lowest BCUT2D eigenvalue weighted by atomic mass is 9.90. The quantitative estimate of drug-likeness (QED) is 0.658. The summed E-state index contributed by atoms with van der Waals surface area (Å²) in [4.78, 5) is 4.65. The minimum absolute atomic E-state index is 0.279. The molecule has 1 aromatic carbocycles. The van der Waals surface area contributed by atoms with Gasteiger partial charge in [-0.1, -0.05) is 0 Å². The number of nitrogens with zero attached hydrogens (tertiary/aromatic N) is 1. The van der Waals surface area contributed by atoms with Crippen molar-refractivity contribution in [3.8, 4) is 5.75 Å². The molecule has 0 unspecified atom stereocenters. The molecule has 0 radical (unpaired) electrons. The predicted molar refractivity (Wildman–Crippen MR) is 86.3 cm³/mol. The number of aliphatic imine (C=N–C) groups is 1. The van der Waals surface area contributed by atoms with Crippen molar-refractivity contribution in [2.45, 2.75) is 37.5 Å². The summed E-state index contributed by atoms with van der Waals surface area (Å²) < 4.78 is 16.6. The smallest absolute Gasteiger partial charge is 0.168 e. The molecule has 0 bridgehead atoms. The minimum Gasteiger partial charge on any atom is -0.495 e. The van der Waals surface area contributed by atoms with E-state index >= 15 is 0 Å². The summed E-state index contributed by atoms with van der Waals surface area (Å²) >= 11 is 0. The van der Waals surface area contributed by atoms with Gasteiger partial charge in [-0.15, -0.1) is 0 Å². The van der Waals surface area contributed by atoms with Crippen molar-refractivity contribution in [3.63, 3.8) is 0 Å². The molecule has 0 atom stereocenters. The SMILES string of the molecule is COc1cc(N)c(C=NC2CCC3(CC2)OCCO3)cc1N. The second kappa shape index (κ2) is 6.14. The third kappa shape index (κ3) is 3.03. The van der Waals surface area contributed by atoms with Gasteiger partial charge in [-0.05, 0) is 18.9 Å². The number of anilines is 2. The summed E-state index contributed by atoms with van der Waals surface area (Å²) in [7, 11) is 1.57. The van der Waals surface area contributed by atoms with Crippen molar-refractivity contribution in [1.82, 2.24) is 0 Å². The van der Waals surface area contributed by atoms with E-state index in [1.807, 2.05) is 6.21 Å². The van der Waals surface area contributed by atoms with Crippen LogP contribution in [0.5, 0.6) is 5.75 Å². The zero-order valence-electron chi connectivity index (χ0n) is 12.9. The van der Waals surface area contributed by atoms with E-state index in [0.29, 0.717) is 30.3 Å². The molecule has 1 spiro atoms. The Bertz CT molecular complexity index is 558. The van der Waals surface area contributed by atoms with E-state index in [-0.39, 0.29) is 11.8 Å². The number of hydrogen-bond donors (Lipinski definition) is 2. The number of ether oxygens (including phenoxy) is 3. The van der Waals surface area contributed by atoms with Crippen LogP contribution in [0.1, 0.15) is 31.2 Å². The van der Waals surface area contributed by atoms with Crippen LogP contribution in [0.15, 0.2) is 17.1 Å². The molecule has 1 aromatic rings. The van der Waals surface area contributed by atoms with Gasteiger partial charge in [0.25, 0.3) is 0 Å². The van der Waals surface area contributed by atoms with Gasteiger partial charge in [0.05, 0.1) is 32.1 Å². The fourth-order valence-corrected chi connectivity index (χ4v) is 3.08. The van der Waals surface area contributed by atoms with Gasteiger partial charge in [-0.2, -0.15) is 0 Å². The molecule has 22 heavy (non-hydrogen) atoms. The zero-order chi connectivity index (χ0) is 15.6. The van der Waals surface area contributed by atoms with Gasteiger partial charge in [0.1, 0.15) is 5.75 Å². The lowest BCUT2D eigenvalue weighted by Crippen LogP contribution is -2.36. The van der Waals surface area contributed by atoms with Gasteiger partial charge < -0.3 is 25.7 Å². The van der Waals surface area contributed by atoms with Crippen molar-refractivity contribution in [3.05, 3.63) is 17.7 Å². The molecular weight excluding hydrogens is 282 g/mol. The Labute approximate surface area is 130 Å². The van der Waals surface area contributed by atoms with Crippen LogP contribution in [0, 0.1) is 0 Å². The van der Waals surface area contributed by atoms with Crippen molar-refractivity contribution in [2.75, 3.05) is 31.8 Å². The maximum absolute atomic E-state index is 6.01. The molecule has 0 amide bonds. The third-order valence-corrected chi connectivity index (χ3v) is 4.39. The molecule has 3 rings (SSSR count). The Balaban J connectivity index is 1.64. The van der Waals surface area contributed by atoms with Gasteiger partial charge in [-0.3, -0.25) is 4.99 Å². The van der Waals surface area contributed by atoms with E-state index in [0.717, 1.165) is 31.2 Å². The Morgan fingerprint density at radius 2 is 1.86 bits per heavy atom. The molecule has 120 valence electrons. The standard InChI is InChI=1S/C16H23N3O3/c1-20-15-9-13(17)11(8-14(15)18)10-19-12-2-4-16(5-3-12)21-6-7-22-16/h8-10,12H,2-7,17-18H2,1H3. The molecule has 1 aliphatic heterocycles. The minimum atomic E-state index is -0.338. The van der Waals surface area contributed by atoms with Gasteiger partial charge in [0.15, 0.2) is 5.79 Å². The van der Waals surface area contributed by atoms with Gasteiger partial charge in [0, 0.05) is 36.4 Å². The summed E-state index contributed by atoms with van der Waals surface area (Å²) in [6.07, 6.45) is 5.53. The predicted octanol–water partition coefficient (Wildman–Crippen LogP) is 1.96. The summed E-state index contributed by atoms with van der Waals surface area (Å²) in [5.74, 6) is 0.250. The van der Waals surface area contributed by atoms with E-state index in [4.69, 9.17) is 25.7 Å². The molecule has 1 saturated carbocycles. The molecular formula is C16H23N3O3. The highest BCUT2D eigenvalue weighted by molar-refractivity contribution is 5.89. The molecule has 1 heterocycles. The molecule has 1 aliphatic carbocycles. The Morgan fingerprint density at radius 3 is 2.50 bits per heavy atom. The number of nitrogens with two attached hydrogens (primary N) is 2. The number of rotatable bonds is 3. The number of hydrogen-bond acceptors (Lipinski definition) is 6. The lowest BCUT2D eigenvalue weighted by molar-refractivity contribution is -0.178. The second-order valence-electron chi connectivity index (χ2n) is 5.84. The Kier molecular flexibility index (Phi) is 4.22. The van der Waals surface area contributed by atoms with Crippen LogP contribution >= 0.6 is 0 Å². The molecule has 0 aromatic heterocycles. The summed E-state index contributed by atoms with van der Waals surface area (Å²) in [6.45, 7) is 1.41. The molecule has 2 fully saturated rings. The number of benzene rings is 1.